The average molecular weight is 227 g/mol. The number of aliphatic carboxylic acids is 1. The molecule has 88 valence electrons. The van der Waals surface area contributed by atoms with E-state index >= 15 is 0 Å². The summed E-state index contributed by atoms with van der Waals surface area (Å²) < 4.78 is 4.92. The molecule has 1 aromatic heterocycles. The highest BCUT2D eigenvalue weighted by molar-refractivity contribution is 5.95. The van der Waals surface area contributed by atoms with E-state index in [1.54, 1.807) is 13.0 Å². The van der Waals surface area contributed by atoms with Crippen LogP contribution in [0.25, 0.3) is 0 Å². The SMILES string of the molecule is Cc1ccoc1C(=O)N[C@@H](CCO)C(=O)O. The summed E-state index contributed by atoms with van der Waals surface area (Å²) in [6.07, 6.45) is 1.31. The lowest BCUT2D eigenvalue weighted by molar-refractivity contribution is -0.139. The molecule has 0 saturated heterocycles. The van der Waals surface area contributed by atoms with Gasteiger partial charge in [-0.2, -0.15) is 0 Å². The molecule has 6 nitrogen and oxygen atoms in total. The fourth-order valence-corrected chi connectivity index (χ4v) is 1.22. The zero-order valence-corrected chi connectivity index (χ0v) is 8.77. The first-order valence-electron chi connectivity index (χ1n) is 4.75. The summed E-state index contributed by atoms with van der Waals surface area (Å²) in [5.41, 5.74) is 0.630. The smallest absolute Gasteiger partial charge is 0.326 e. The van der Waals surface area contributed by atoms with E-state index in [-0.39, 0.29) is 18.8 Å². The number of hydrogen-bond donors (Lipinski definition) is 3. The highest BCUT2D eigenvalue weighted by Gasteiger charge is 2.22. The van der Waals surface area contributed by atoms with Gasteiger partial charge in [0.2, 0.25) is 0 Å². The maximum absolute atomic E-state index is 11.6. The second-order valence-electron chi connectivity index (χ2n) is 3.31. The predicted molar refractivity (Wildman–Crippen MR) is 54.0 cm³/mol. The zero-order valence-electron chi connectivity index (χ0n) is 8.77. The second kappa shape index (κ2) is 5.32. The molecule has 0 aliphatic carbocycles. The normalized spacial score (nSPS) is 12.1. The van der Waals surface area contributed by atoms with Gasteiger partial charge in [0.25, 0.3) is 5.91 Å². The van der Waals surface area contributed by atoms with E-state index in [1.807, 2.05) is 0 Å². The van der Waals surface area contributed by atoms with E-state index in [0.717, 1.165) is 0 Å². The molecular formula is C10H13NO5. The number of aliphatic hydroxyl groups is 1. The Hall–Kier alpha value is -1.82. The number of aryl methyl sites for hydroxylation is 1. The van der Waals surface area contributed by atoms with E-state index < -0.39 is 17.9 Å². The van der Waals surface area contributed by atoms with Crippen LogP contribution < -0.4 is 5.32 Å². The third kappa shape index (κ3) is 2.83. The first kappa shape index (κ1) is 12.3. The summed E-state index contributed by atoms with van der Waals surface area (Å²) >= 11 is 0. The molecule has 0 radical (unpaired) electrons. The number of carboxylic acid groups (broad SMARTS) is 1. The minimum Gasteiger partial charge on any atom is -0.480 e. The van der Waals surface area contributed by atoms with Gasteiger partial charge in [0.15, 0.2) is 5.76 Å². The van der Waals surface area contributed by atoms with Crippen molar-refractivity contribution in [2.45, 2.75) is 19.4 Å². The van der Waals surface area contributed by atoms with Crippen molar-refractivity contribution in [3.63, 3.8) is 0 Å². The summed E-state index contributed by atoms with van der Waals surface area (Å²) in [5.74, 6) is -1.70. The minimum atomic E-state index is -1.19. The largest absolute Gasteiger partial charge is 0.480 e. The Kier molecular flexibility index (Phi) is 4.07. The number of amides is 1. The number of nitrogens with one attached hydrogen (secondary N) is 1. The fourth-order valence-electron chi connectivity index (χ4n) is 1.22. The van der Waals surface area contributed by atoms with Crippen molar-refractivity contribution in [3.8, 4) is 0 Å². The molecule has 0 aliphatic heterocycles. The van der Waals surface area contributed by atoms with Gasteiger partial charge in [-0.3, -0.25) is 4.79 Å². The van der Waals surface area contributed by atoms with Gasteiger partial charge in [0.1, 0.15) is 6.04 Å². The van der Waals surface area contributed by atoms with Crippen molar-refractivity contribution < 1.29 is 24.2 Å². The fraction of sp³-hybridized carbons (Fsp3) is 0.400. The number of carbonyl (C=O) groups is 2. The average Bonchev–Trinajstić information content (AvgIpc) is 2.63. The Morgan fingerprint density at radius 1 is 1.56 bits per heavy atom. The van der Waals surface area contributed by atoms with Gasteiger partial charge in [0, 0.05) is 18.6 Å². The second-order valence-corrected chi connectivity index (χ2v) is 3.31. The number of carboxylic acids is 1. The van der Waals surface area contributed by atoms with Gasteiger partial charge < -0.3 is 19.9 Å². The Bertz CT molecular complexity index is 384. The van der Waals surface area contributed by atoms with Gasteiger partial charge in [-0.15, -0.1) is 0 Å². The Morgan fingerprint density at radius 3 is 2.69 bits per heavy atom. The highest BCUT2D eigenvalue weighted by atomic mass is 16.4. The van der Waals surface area contributed by atoms with Crippen molar-refractivity contribution >= 4 is 11.9 Å². The number of carbonyl (C=O) groups excluding carboxylic acids is 1. The third-order valence-electron chi connectivity index (χ3n) is 2.09. The van der Waals surface area contributed by atoms with E-state index in [2.05, 4.69) is 5.32 Å². The zero-order chi connectivity index (χ0) is 12.1. The molecule has 1 amide bonds. The molecule has 0 saturated carbocycles. The number of rotatable bonds is 5. The quantitative estimate of drug-likeness (QED) is 0.665. The molecule has 1 aromatic rings. The summed E-state index contributed by atoms with van der Waals surface area (Å²) in [4.78, 5) is 22.3. The molecule has 1 rings (SSSR count). The molecule has 0 aliphatic rings. The van der Waals surface area contributed by atoms with E-state index in [1.165, 1.54) is 6.26 Å². The van der Waals surface area contributed by atoms with Gasteiger partial charge in [-0.1, -0.05) is 0 Å². The molecular weight excluding hydrogens is 214 g/mol. The molecule has 16 heavy (non-hydrogen) atoms. The van der Waals surface area contributed by atoms with Crippen LogP contribution >= 0.6 is 0 Å². The Balaban J connectivity index is 2.69. The van der Waals surface area contributed by atoms with Crippen LogP contribution in [-0.2, 0) is 4.79 Å². The molecule has 0 aromatic carbocycles. The van der Waals surface area contributed by atoms with Crippen LogP contribution in [0.2, 0.25) is 0 Å². The lowest BCUT2D eigenvalue weighted by atomic mass is 10.2. The van der Waals surface area contributed by atoms with Crippen molar-refractivity contribution in [1.82, 2.24) is 5.32 Å². The number of aliphatic hydroxyl groups excluding tert-OH is 1. The lowest BCUT2D eigenvalue weighted by Gasteiger charge is -2.12. The Morgan fingerprint density at radius 2 is 2.25 bits per heavy atom. The van der Waals surface area contributed by atoms with Crippen LogP contribution in [-0.4, -0.2) is 34.7 Å². The van der Waals surface area contributed by atoms with Crippen molar-refractivity contribution in [2.75, 3.05) is 6.61 Å². The monoisotopic (exact) mass is 227 g/mol. The van der Waals surface area contributed by atoms with E-state index in [0.29, 0.717) is 5.56 Å². The van der Waals surface area contributed by atoms with Gasteiger partial charge in [-0.25, -0.2) is 4.79 Å². The number of furan rings is 1. The van der Waals surface area contributed by atoms with Gasteiger partial charge >= 0.3 is 5.97 Å². The topological polar surface area (TPSA) is 99.8 Å². The molecule has 6 heteroatoms. The Labute approximate surface area is 91.9 Å². The van der Waals surface area contributed by atoms with Crippen LogP contribution in [0.3, 0.4) is 0 Å². The molecule has 1 heterocycles. The predicted octanol–water partition coefficient (Wildman–Crippen LogP) is 0.153. The first-order valence-corrected chi connectivity index (χ1v) is 4.75. The van der Waals surface area contributed by atoms with Crippen molar-refractivity contribution in [2.24, 2.45) is 0 Å². The van der Waals surface area contributed by atoms with E-state index in [9.17, 15) is 9.59 Å². The van der Waals surface area contributed by atoms with Crippen molar-refractivity contribution in [3.05, 3.63) is 23.7 Å². The lowest BCUT2D eigenvalue weighted by Crippen LogP contribution is -2.41. The summed E-state index contributed by atoms with van der Waals surface area (Å²) in [6, 6.07) is 0.499. The maximum Gasteiger partial charge on any atom is 0.326 e. The van der Waals surface area contributed by atoms with Crippen LogP contribution in [0.15, 0.2) is 16.7 Å². The van der Waals surface area contributed by atoms with Crippen LogP contribution in [0.4, 0.5) is 0 Å². The first-order chi connectivity index (χ1) is 7.56. The molecule has 3 N–H and O–H groups in total. The number of hydrogen-bond acceptors (Lipinski definition) is 4. The van der Waals surface area contributed by atoms with Gasteiger partial charge in [0.05, 0.1) is 6.26 Å². The molecule has 0 spiro atoms. The third-order valence-corrected chi connectivity index (χ3v) is 2.09. The van der Waals surface area contributed by atoms with Crippen molar-refractivity contribution in [1.29, 1.82) is 0 Å². The van der Waals surface area contributed by atoms with Crippen LogP contribution in [0.1, 0.15) is 22.5 Å². The molecule has 0 fully saturated rings. The minimum absolute atomic E-state index is 0.0408. The van der Waals surface area contributed by atoms with Crippen LogP contribution in [0.5, 0.6) is 0 Å². The highest BCUT2D eigenvalue weighted by Crippen LogP contribution is 2.08. The van der Waals surface area contributed by atoms with Crippen LogP contribution in [0, 0.1) is 6.92 Å². The molecule has 0 unspecified atom stereocenters. The standard InChI is InChI=1S/C10H13NO5/c1-6-3-5-16-8(6)9(13)11-7(2-4-12)10(14)15/h3,5,7,12H,2,4H2,1H3,(H,11,13)(H,14,15)/t7-/m0/s1. The molecule has 0 bridgehead atoms. The summed E-state index contributed by atoms with van der Waals surface area (Å²) in [6.45, 7) is 1.37. The van der Waals surface area contributed by atoms with Gasteiger partial charge in [-0.05, 0) is 13.0 Å². The maximum atomic E-state index is 11.6. The summed E-state index contributed by atoms with van der Waals surface area (Å²) in [5, 5.41) is 19.7. The summed E-state index contributed by atoms with van der Waals surface area (Å²) in [7, 11) is 0. The van der Waals surface area contributed by atoms with E-state index in [4.69, 9.17) is 14.6 Å². The molecule has 1 atom stereocenters.